The third-order valence-electron chi connectivity index (χ3n) is 6.04. The highest BCUT2D eigenvalue weighted by atomic mass is 79.9. The first kappa shape index (κ1) is 31.8. The second-order valence-electron chi connectivity index (χ2n) is 9.53. The fourth-order valence-electron chi connectivity index (χ4n) is 3.99. The average molecular weight is 490 g/mol. The van der Waals surface area contributed by atoms with E-state index in [9.17, 15) is 4.79 Å². The third-order valence-corrected chi connectivity index (χ3v) is 6.04. The van der Waals surface area contributed by atoms with Crippen LogP contribution < -0.4 is 22.3 Å². The van der Waals surface area contributed by atoms with Gasteiger partial charge in [-0.05, 0) is 18.9 Å². The molecule has 0 aliphatic rings. The van der Waals surface area contributed by atoms with Gasteiger partial charge >= 0.3 is 0 Å². The van der Waals surface area contributed by atoms with Gasteiger partial charge in [0, 0.05) is 13.0 Å². The number of halogens is 1. The molecule has 0 saturated heterocycles. The Balaban J connectivity index is 0. The first-order valence-corrected chi connectivity index (χ1v) is 12.7. The highest BCUT2D eigenvalue weighted by Crippen LogP contribution is 2.14. The number of amides is 1. The highest BCUT2D eigenvalue weighted by Gasteiger charge is 2.13. The van der Waals surface area contributed by atoms with E-state index in [1.807, 2.05) is 0 Å². The van der Waals surface area contributed by atoms with Crippen LogP contribution in [-0.4, -0.2) is 44.1 Å². The first-order chi connectivity index (χ1) is 14.0. The molecule has 0 aromatic carbocycles. The number of hydrogen-bond donors (Lipinski definition) is 1. The topological polar surface area (TPSA) is 29.1 Å². The van der Waals surface area contributed by atoms with Crippen LogP contribution in [0.3, 0.4) is 0 Å². The molecule has 0 saturated carbocycles. The molecule has 3 nitrogen and oxygen atoms in total. The highest BCUT2D eigenvalue weighted by molar-refractivity contribution is 5.86. The zero-order valence-electron chi connectivity index (χ0n) is 20.7. The molecular weight excluding hydrogens is 436 g/mol. The van der Waals surface area contributed by atoms with Crippen LogP contribution in [0.15, 0.2) is 12.7 Å². The van der Waals surface area contributed by atoms with E-state index in [2.05, 4.69) is 32.9 Å². The molecule has 180 valence electrons. The lowest BCUT2D eigenvalue weighted by molar-refractivity contribution is -0.890. The van der Waals surface area contributed by atoms with Gasteiger partial charge in [-0.2, -0.15) is 0 Å². The van der Waals surface area contributed by atoms with Crippen LogP contribution in [0.1, 0.15) is 116 Å². The monoisotopic (exact) mass is 488 g/mol. The van der Waals surface area contributed by atoms with Gasteiger partial charge in [0.15, 0.2) is 0 Å². The van der Waals surface area contributed by atoms with Crippen molar-refractivity contribution >= 4 is 5.91 Å². The smallest absolute Gasteiger partial charge is 0.243 e. The maximum Gasteiger partial charge on any atom is 0.243 e. The predicted octanol–water partition coefficient (Wildman–Crippen LogP) is 4.02. The van der Waals surface area contributed by atoms with E-state index in [0.717, 1.165) is 24.0 Å². The van der Waals surface area contributed by atoms with Crippen molar-refractivity contribution in [1.29, 1.82) is 0 Å². The number of carbonyl (C=O) groups excluding carboxylic acids is 1. The minimum absolute atomic E-state index is 0. The summed E-state index contributed by atoms with van der Waals surface area (Å²) in [7, 11) is 4.61. The van der Waals surface area contributed by atoms with Gasteiger partial charge in [0.05, 0.1) is 27.2 Å². The SMILES string of the molecule is C=CC(=O)NCCC[N+](C)(C)CCCCCCCCCCCCCCCCCC.[Br-]. The molecule has 0 rings (SSSR count). The van der Waals surface area contributed by atoms with Crippen molar-refractivity contribution in [1.82, 2.24) is 5.32 Å². The van der Waals surface area contributed by atoms with Crippen LogP contribution in [0.25, 0.3) is 0 Å². The second-order valence-corrected chi connectivity index (χ2v) is 9.53. The van der Waals surface area contributed by atoms with Gasteiger partial charge in [-0.1, -0.05) is 103 Å². The molecule has 0 unspecified atom stereocenters. The second kappa shape index (κ2) is 23.3. The Morgan fingerprint density at radius 3 is 1.47 bits per heavy atom. The van der Waals surface area contributed by atoms with Crippen LogP contribution in [0.2, 0.25) is 0 Å². The van der Waals surface area contributed by atoms with E-state index in [1.54, 1.807) is 0 Å². The van der Waals surface area contributed by atoms with E-state index >= 15 is 0 Å². The lowest BCUT2D eigenvalue weighted by Gasteiger charge is -2.30. The van der Waals surface area contributed by atoms with Gasteiger partial charge in [0.25, 0.3) is 0 Å². The summed E-state index contributed by atoms with van der Waals surface area (Å²) in [6.45, 7) is 8.89. The molecule has 1 N–H and O–H groups in total. The summed E-state index contributed by atoms with van der Waals surface area (Å²) in [6.07, 6.45) is 25.2. The van der Waals surface area contributed by atoms with Crippen molar-refractivity contribution in [2.75, 3.05) is 33.7 Å². The standard InChI is InChI=1S/C26H52N2O.BrH/c1-5-7-8-9-10-11-12-13-14-15-16-17-18-19-20-21-24-28(3,4)25-22-23-27-26(29)6-2;/h6H,2,5,7-25H2,1,3-4H3;1H. The summed E-state index contributed by atoms with van der Waals surface area (Å²) in [5.74, 6) is -0.0619. The molecule has 0 radical (unpaired) electrons. The molecule has 4 heteroatoms. The number of nitrogens with zero attached hydrogens (tertiary/aromatic N) is 1. The average Bonchev–Trinajstić information content (AvgIpc) is 2.70. The van der Waals surface area contributed by atoms with Gasteiger partial charge in [-0.25, -0.2) is 0 Å². The molecule has 0 bridgehead atoms. The Morgan fingerprint density at radius 1 is 0.700 bits per heavy atom. The molecule has 0 heterocycles. The van der Waals surface area contributed by atoms with Crippen LogP contribution in [0.5, 0.6) is 0 Å². The van der Waals surface area contributed by atoms with Gasteiger partial charge in [0.2, 0.25) is 5.91 Å². The zero-order chi connectivity index (χ0) is 21.6. The van der Waals surface area contributed by atoms with Gasteiger partial charge in [-0.15, -0.1) is 0 Å². The maximum absolute atomic E-state index is 11.1. The van der Waals surface area contributed by atoms with E-state index in [4.69, 9.17) is 0 Å². The van der Waals surface area contributed by atoms with Crippen molar-refractivity contribution in [3.05, 3.63) is 12.7 Å². The minimum Gasteiger partial charge on any atom is -1.00 e. The summed E-state index contributed by atoms with van der Waals surface area (Å²) in [5.41, 5.74) is 0. The summed E-state index contributed by atoms with van der Waals surface area (Å²) < 4.78 is 1.06. The normalized spacial score (nSPS) is 11.2. The molecular formula is C26H53BrN2O. The van der Waals surface area contributed by atoms with Gasteiger partial charge in [0.1, 0.15) is 0 Å². The van der Waals surface area contributed by atoms with Crippen molar-refractivity contribution in [2.24, 2.45) is 0 Å². The largest absolute Gasteiger partial charge is 1.00 e. The fraction of sp³-hybridized carbons (Fsp3) is 0.885. The summed E-state index contributed by atoms with van der Waals surface area (Å²) in [4.78, 5) is 11.1. The molecule has 30 heavy (non-hydrogen) atoms. The molecule has 0 atom stereocenters. The Kier molecular flexibility index (Phi) is 24.7. The maximum atomic E-state index is 11.1. The van der Waals surface area contributed by atoms with Crippen molar-refractivity contribution in [3.63, 3.8) is 0 Å². The van der Waals surface area contributed by atoms with Crippen molar-refractivity contribution in [3.8, 4) is 0 Å². The zero-order valence-corrected chi connectivity index (χ0v) is 22.2. The molecule has 0 aromatic heterocycles. The molecule has 0 aromatic rings. The predicted molar refractivity (Wildman–Crippen MR) is 129 cm³/mol. The lowest BCUT2D eigenvalue weighted by Crippen LogP contribution is -3.00. The molecule has 0 aliphatic carbocycles. The van der Waals surface area contributed by atoms with E-state index in [0.29, 0.717) is 0 Å². The molecule has 1 amide bonds. The molecule has 0 spiro atoms. The van der Waals surface area contributed by atoms with E-state index in [-0.39, 0.29) is 22.9 Å². The third kappa shape index (κ3) is 23.9. The Labute approximate surface area is 199 Å². The number of unbranched alkanes of at least 4 members (excludes halogenated alkanes) is 15. The summed E-state index contributed by atoms with van der Waals surface area (Å²) >= 11 is 0. The number of carbonyl (C=O) groups is 1. The van der Waals surface area contributed by atoms with E-state index in [1.165, 1.54) is 115 Å². The fourth-order valence-corrected chi connectivity index (χ4v) is 3.99. The van der Waals surface area contributed by atoms with E-state index < -0.39 is 0 Å². The van der Waals surface area contributed by atoms with Crippen molar-refractivity contribution < 1.29 is 26.3 Å². The number of quaternary nitrogens is 1. The van der Waals surface area contributed by atoms with Crippen LogP contribution in [-0.2, 0) is 4.79 Å². The quantitative estimate of drug-likeness (QED) is 0.139. The van der Waals surface area contributed by atoms with Gasteiger partial charge < -0.3 is 26.8 Å². The first-order valence-electron chi connectivity index (χ1n) is 12.7. The van der Waals surface area contributed by atoms with Crippen LogP contribution in [0, 0.1) is 0 Å². The van der Waals surface area contributed by atoms with Crippen LogP contribution in [0.4, 0.5) is 0 Å². The van der Waals surface area contributed by atoms with Gasteiger partial charge in [-0.3, -0.25) is 4.79 Å². The minimum atomic E-state index is -0.0619. The van der Waals surface area contributed by atoms with Crippen molar-refractivity contribution in [2.45, 2.75) is 116 Å². The van der Waals surface area contributed by atoms with Crippen LogP contribution >= 0.6 is 0 Å². The lowest BCUT2D eigenvalue weighted by atomic mass is 10.0. The Bertz CT molecular complexity index is 385. The number of hydrogen-bond acceptors (Lipinski definition) is 1. The molecule has 0 aliphatic heterocycles. The molecule has 0 fully saturated rings. The summed E-state index contributed by atoms with van der Waals surface area (Å²) in [5, 5.41) is 2.86. The number of rotatable bonds is 22. The Hall–Kier alpha value is -0.350. The Morgan fingerprint density at radius 2 is 1.07 bits per heavy atom. The summed E-state index contributed by atoms with van der Waals surface area (Å²) in [6, 6.07) is 0. The number of nitrogens with one attached hydrogen (secondary N) is 1.